The van der Waals surface area contributed by atoms with Crippen molar-refractivity contribution >= 4 is 5.91 Å². The number of carbonyl (C=O) groups is 1. The minimum Gasteiger partial charge on any atom is -0.359 e. The second kappa shape index (κ2) is 9.26. The molecule has 7 heteroatoms. The molecule has 0 N–H and O–H groups in total. The minimum atomic E-state index is -0.194. The normalized spacial score (nSPS) is 15.4. The largest absolute Gasteiger partial charge is 0.359 e. The van der Waals surface area contributed by atoms with E-state index >= 15 is 0 Å². The van der Waals surface area contributed by atoms with Gasteiger partial charge in [-0.1, -0.05) is 40.6 Å². The van der Waals surface area contributed by atoms with Crippen molar-refractivity contribution in [3.05, 3.63) is 70.9 Å². The Bertz CT molecular complexity index is 958. The summed E-state index contributed by atoms with van der Waals surface area (Å²) < 4.78 is 10.6. The lowest BCUT2D eigenvalue weighted by Crippen LogP contribution is -2.33. The van der Waals surface area contributed by atoms with Gasteiger partial charge in [0.1, 0.15) is 0 Å². The average molecular weight is 409 g/mol. The maximum Gasteiger partial charge on any atom is 0.276 e. The van der Waals surface area contributed by atoms with Gasteiger partial charge in [-0.15, -0.1) is 0 Å². The maximum atomic E-state index is 12.6. The van der Waals surface area contributed by atoms with Crippen LogP contribution in [0.1, 0.15) is 46.1 Å². The molecule has 3 aromatic rings. The van der Waals surface area contributed by atoms with Crippen LogP contribution in [0.5, 0.6) is 0 Å². The van der Waals surface area contributed by atoms with Gasteiger partial charge in [0.25, 0.3) is 5.91 Å². The third kappa shape index (κ3) is 5.16. The van der Waals surface area contributed by atoms with E-state index in [-0.39, 0.29) is 5.91 Å². The zero-order valence-electron chi connectivity index (χ0n) is 17.6. The number of nitrogens with zero attached hydrogens (tertiary/aromatic N) is 4. The molecular formula is C23H28N4O3. The van der Waals surface area contributed by atoms with Crippen LogP contribution in [0.25, 0.3) is 0 Å². The molecule has 1 saturated heterocycles. The Hall–Kier alpha value is -2.93. The molecule has 1 aliphatic heterocycles. The Morgan fingerprint density at radius 1 is 1.10 bits per heavy atom. The highest BCUT2D eigenvalue weighted by Crippen LogP contribution is 2.23. The predicted octanol–water partition coefficient (Wildman–Crippen LogP) is 3.70. The van der Waals surface area contributed by atoms with E-state index in [9.17, 15) is 4.79 Å². The summed E-state index contributed by atoms with van der Waals surface area (Å²) in [4.78, 5) is 16.5. The number of hydrogen-bond donors (Lipinski definition) is 0. The fraction of sp³-hybridized carbons (Fsp3) is 0.435. The summed E-state index contributed by atoms with van der Waals surface area (Å²) in [6, 6.07) is 14.3. The lowest BCUT2D eigenvalue weighted by Gasteiger charge is -2.31. The summed E-state index contributed by atoms with van der Waals surface area (Å²) in [5.74, 6) is 1.90. The number of likely N-dealkylation sites (tertiary alicyclic amines) is 1. The van der Waals surface area contributed by atoms with Crippen LogP contribution in [0, 0.1) is 12.8 Å². The quantitative estimate of drug-likeness (QED) is 0.593. The average Bonchev–Trinajstić information content (AvgIpc) is 3.38. The summed E-state index contributed by atoms with van der Waals surface area (Å²) in [6.07, 6.45) is 3.50. The number of benzene rings is 1. The van der Waals surface area contributed by atoms with Crippen LogP contribution in [-0.4, -0.2) is 46.2 Å². The Morgan fingerprint density at radius 2 is 1.83 bits per heavy atom. The number of rotatable bonds is 7. The van der Waals surface area contributed by atoms with Gasteiger partial charge in [-0.3, -0.25) is 9.69 Å². The van der Waals surface area contributed by atoms with Gasteiger partial charge in [0.2, 0.25) is 0 Å². The molecule has 1 amide bonds. The second-order valence-electron chi connectivity index (χ2n) is 8.18. The molecule has 0 aliphatic carbocycles. The first-order chi connectivity index (χ1) is 14.6. The molecule has 158 valence electrons. The zero-order chi connectivity index (χ0) is 20.9. The SMILES string of the molecule is Cc1cc(CN(C)C(=O)c2cc(CN3CCC(Cc4ccccc4)CC3)on2)on1. The van der Waals surface area contributed by atoms with Crippen molar-refractivity contribution in [2.24, 2.45) is 5.92 Å². The first-order valence-corrected chi connectivity index (χ1v) is 10.5. The van der Waals surface area contributed by atoms with Crippen LogP contribution in [0.4, 0.5) is 0 Å². The van der Waals surface area contributed by atoms with Gasteiger partial charge in [0, 0.05) is 19.2 Å². The Labute approximate surface area is 176 Å². The fourth-order valence-electron chi connectivity index (χ4n) is 4.00. The monoisotopic (exact) mass is 408 g/mol. The number of aromatic nitrogens is 2. The van der Waals surface area contributed by atoms with Crippen LogP contribution in [0.2, 0.25) is 0 Å². The fourth-order valence-corrected chi connectivity index (χ4v) is 4.00. The van der Waals surface area contributed by atoms with Crippen molar-refractivity contribution in [1.29, 1.82) is 0 Å². The number of carbonyl (C=O) groups excluding carboxylic acids is 1. The van der Waals surface area contributed by atoms with Gasteiger partial charge in [-0.2, -0.15) is 0 Å². The predicted molar refractivity (Wildman–Crippen MR) is 112 cm³/mol. The topological polar surface area (TPSA) is 75.6 Å². The van der Waals surface area contributed by atoms with E-state index < -0.39 is 0 Å². The highest BCUT2D eigenvalue weighted by molar-refractivity contribution is 5.92. The lowest BCUT2D eigenvalue weighted by molar-refractivity contribution is 0.0761. The molecule has 0 unspecified atom stereocenters. The summed E-state index contributed by atoms with van der Waals surface area (Å²) in [5.41, 5.74) is 2.53. The Morgan fingerprint density at radius 3 is 2.53 bits per heavy atom. The summed E-state index contributed by atoms with van der Waals surface area (Å²) in [6.45, 7) is 4.95. The van der Waals surface area contributed by atoms with E-state index in [2.05, 4.69) is 45.5 Å². The van der Waals surface area contributed by atoms with Crippen molar-refractivity contribution in [2.45, 2.75) is 39.3 Å². The molecule has 2 aromatic heterocycles. The van der Waals surface area contributed by atoms with Crippen molar-refractivity contribution in [3.63, 3.8) is 0 Å². The van der Waals surface area contributed by atoms with Crippen LogP contribution in [0.3, 0.4) is 0 Å². The van der Waals surface area contributed by atoms with Crippen LogP contribution in [-0.2, 0) is 19.5 Å². The number of hydrogen-bond acceptors (Lipinski definition) is 6. The van der Waals surface area contributed by atoms with Gasteiger partial charge in [-0.25, -0.2) is 0 Å². The van der Waals surface area contributed by atoms with Gasteiger partial charge in [-0.05, 0) is 50.8 Å². The molecule has 0 saturated carbocycles. The summed E-state index contributed by atoms with van der Waals surface area (Å²) in [5, 5.41) is 7.83. The number of amides is 1. The molecule has 3 heterocycles. The van der Waals surface area contributed by atoms with Gasteiger partial charge < -0.3 is 13.9 Å². The highest BCUT2D eigenvalue weighted by Gasteiger charge is 2.23. The third-order valence-corrected chi connectivity index (χ3v) is 5.65. The molecular weight excluding hydrogens is 380 g/mol. The molecule has 0 bridgehead atoms. The highest BCUT2D eigenvalue weighted by atomic mass is 16.5. The van der Waals surface area contributed by atoms with Crippen LogP contribution >= 0.6 is 0 Å². The Kier molecular flexibility index (Phi) is 6.28. The van der Waals surface area contributed by atoms with Gasteiger partial charge >= 0.3 is 0 Å². The van der Waals surface area contributed by atoms with E-state index in [0.29, 0.717) is 24.5 Å². The van der Waals surface area contributed by atoms with E-state index in [4.69, 9.17) is 9.05 Å². The molecule has 1 aromatic carbocycles. The van der Waals surface area contributed by atoms with Crippen molar-refractivity contribution in [3.8, 4) is 0 Å². The van der Waals surface area contributed by atoms with Crippen molar-refractivity contribution < 1.29 is 13.8 Å². The molecule has 0 spiro atoms. The molecule has 30 heavy (non-hydrogen) atoms. The first kappa shape index (κ1) is 20.3. The molecule has 7 nitrogen and oxygen atoms in total. The molecule has 1 aliphatic rings. The molecule has 1 fully saturated rings. The van der Waals surface area contributed by atoms with E-state index in [1.165, 1.54) is 18.4 Å². The number of aryl methyl sites for hydroxylation is 1. The van der Waals surface area contributed by atoms with Crippen molar-refractivity contribution in [1.82, 2.24) is 20.1 Å². The summed E-state index contributed by atoms with van der Waals surface area (Å²) in [7, 11) is 1.71. The smallest absolute Gasteiger partial charge is 0.276 e. The van der Waals surface area contributed by atoms with Crippen LogP contribution in [0.15, 0.2) is 51.5 Å². The van der Waals surface area contributed by atoms with E-state index in [1.807, 2.05) is 13.0 Å². The first-order valence-electron chi connectivity index (χ1n) is 10.5. The van der Waals surface area contributed by atoms with Gasteiger partial charge in [0.05, 0.1) is 18.8 Å². The number of piperidine rings is 1. The summed E-state index contributed by atoms with van der Waals surface area (Å²) >= 11 is 0. The van der Waals surface area contributed by atoms with Crippen LogP contribution < -0.4 is 0 Å². The standard InChI is InChI=1S/C23H28N4O3/c1-17-12-20(29-24-17)15-26(2)23(28)22-14-21(30-25-22)16-27-10-8-19(9-11-27)13-18-6-4-3-5-7-18/h3-7,12,14,19H,8-11,13,15-16H2,1-2H3. The molecule has 4 rings (SSSR count). The van der Waals surface area contributed by atoms with Crippen molar-refractivity contribution in [2.75, 3.05) is 20.1 Å². The second-order valence-corrected chi connectivity index (χ2v) is 8.18. The Balaban J connectivity index is 1.26. The lowest BCUT2D eigenvalue weighted by atomic mass is 9.90. The molecule has 0 radical (unpaired) electrons. The zero-order valence-corrected chi connectivity index (χ0v) is 17.6. The van der Waals surface area contributed by atoms with E-state index in [0.717, 1.165) is 36.9 Å². The van der Waals surface area contributed by atoms with E-state index in [1.54, 1.807) is 18.0 Å². The molecule has 0 atom stereocenters. The maximum absolute atomic E-state index is 12.6. The third-order valence-electron chi connectivity index (χ3n) is 5.65. The minimum absolute atomic E-state index is 0.194. The van der Waals surface area contributed by atoms with Gasteiger partial charge in [0.15, 0.2) is 17.2 Å².